The molecule has 0 unspecified atom stereocenters. The third-order valence-electron chi connectivity index (χ3n) is 3.88. The number of ether oxygens (including phenoxy) is 2. The first-order valence-corrected chi connectivity index (χ1v) is 8.70. The highest BCUT2D eigenvalue weighted by Gasteiger charge is 2.12. The summed E-state index contributed by atoms with van der Waals surface area (Å²) >= 11 is 0. The zero-order valence-corrected chi connectivity index (χ0v) is 15.1. The molecule has 0 aromatic heterocycles. The Hall–Kier alpha value is -3.31. The Bertz CT molecular complexity index is 864. The van der Waals surface area contributed by atoms with Crippen LogP contribution >= 0.6 is 0 Å². The van der Waals surface area contributed by atoms with Crippen LogP contribution in [0.3, 0.4) is 0 Å². The maximum atomic E-state index is 12.6. The minimum absolute atomic E-state index is 0.216. The average Bonchev–Trinajstić information content (AvgIpc) is 2.71. The van der Waals surface area contributed by atoms with Crippen molar-refractivity contribution in [2.24, 2.45) is 0 Å². The van der Waals surface area contributed by atoms with Crippen LogP contribution in [0.4, 0.5) is 17.1 Å². The summed E-state index contributed by atoms with van der Waals surface area (Å²) in [6.07, 6.45) is 0. The van der Waals surface area contributed by atoms with Gasteiger partial charge in [-0.1, -0.05) is 30.3 Å². The van der Waals surface area contributed by atoms with Crippen LogP contribution in [0.25, 0.3) is 0 Å². The minimum atomic E-state index is -0.216. The number of hydrogen-bond acceptors (Lipinski definition) is 4. The van der Waals surface area contributed by atoms with Crippen LogP contribution in [0.15, 0.2) is 78.9 Å². The molecule has 1 amide bonds. The van der Waals surface area contributed by atoms with Crippen molar-refractivity contribution >= 4 is 23.0 Å². The molecule has 138 valence electrons. The van der Waals surface area contributed by atoms with Gasteiger partial charge in [0.05, 0.1) is 12.2 Å². The fraction of sp³-hybridized carbons (Fsp3) is 0.136. The minimum Gasteiger partial charge on any atom is -0.490 e. The maximum absolute atomic E-state index is 12.6. The summed E-state index contributed by atoms with van der Waals surface area (Å²) in [6, 6.07) is 24.6. The van der Waals surface area contributed by atoms with Gasteiger partial charge in [0.1, 0.15) is 12.4 Å². The van der Waals surface area contributed by atoms with E-state index in [0.717, 1.165) is 11.4 Å². The van der Waals surface area contributed by atoms with Gasteiger partial charge in [-0.2, -0.15) is 0 Å². The van der Waals surface area contributed by atoms with Crippen LogP contribution in [0.2, 0.25) is 0 Å². The van der Waals surface area contributed by atoms with E-state index in [9.17, 15) is 4.79 Å². The van der Waals surface area contributed by atoms with Crippen LogP contribution in [0.5, 0.6) is 5.75 Å². The molecule has 0 saturated heterocycles. The van der Waals surface area contributed by atoms with E-state index in [0.29, 0.717) is 30.2 Å². The van der Waals surface area contributed by atoms with Crippen molar-refractivity contribution in [3.8, 4) is 5.75 Å². The Morgan fingerprint density at radius 2 is 1.41 bits per heavy atom. The quantitative estimate of drug-likeness (QED) is 0.570. The number of nitrogens with one attached hydrogen (secondary N) is 2. The van der Waals surface area contributed by atoms with Crippen molar-refractivity contribution in [2.45, 2.75) is 0 Å². The van der Waals surface area contributed by atoms with E-state index in [1.54, 1.807) is 19.2 Å². The molecule has 0 heterocycles. The second-order valence-corrected chi connectivity index (χ2v) is 5.86. The maximum Gasteiger partial charge on any atom is 0.259 e. The smallest absolute Gasteiger partial charge is 0.259 e. The molecule has 3 rings (SSSR count). The van der Waals surface area contributed by atoms with Crippen molar-refractivity contribution in [3.63, 3.8) is 0 Å². The fourth-order valence-corrected chi connectivity index (χ4v) is 2.54. The number of anilines is 3. The average molecular weight is 362 g/mol. The zero-order valence-electron chi connectivity index (χ0n) is 15.1. The lowest BCUT2D eigenvalue weighted by Crippen LogP contribution is -2.14. The predicted octanol–water partition coefficient (Wildman–Crippen LogP) is 4.71. The van der Waals surface area contributed by atoms with Gasteiger partial charge in [0.15, 0.2) is 0 Å². The molecule has 0 bridgehead atoms. The SMILES string of the molecule is COCCOc1ccccc1C(=O)Nc1ccc(Nc2ccccc2)cc1. The third kappa shape index (κ3) is 5.33. The predicted molar refractivity (Wildman–Crippen MR) is 108 cm³/mol. The summed E-state index contributed by atoms with van der Waals surface area (Å²) in [5.41, 5.74) is 3.16. The highest BCUT2D eigenvalue weighted by atomic mass is 16.5. The van der Waals surface area contributed by atoms with Crippen molar-refractivity contribution in [1.82, 2.24) is 0 Å². The highest BCUT2D eigenvalue weighted by molar-refractivity contribution is 6.06. The first-order valence-electron chi connectivity index (χ1n) is 8.70. The number of benzene rings is 3. The van der Waals surface area contributed by atoms with Gasteiger partial charge in [-0.05, 0) is 48.5 Å². The van der Waals surface area contributed by atoms with Gasteiger partial charge in [-0.15, -0.1) is 0 Å². The van der Waals surface area contributed by atoms with Crippen LogP contribution in [0, 0.1) is 0 Å². The van der Waals surface area contributed by atoms with E-state index in [4.69, 9.17) is 9.47 Å². The largest absolute Gasteiger partial charge is 0.490 e. The summed E-state index contributed by atoms with van der Waals surface area (Å²) in [5, 5.41) is 6.21. The normalized spacial score (nSPS) is 10.3. The standard InChI is InChI=1S/C22H22N2O3/c1-26-15-16-27-21-10-6-5-9-20(21)22(25)24-19-13-11-18(12-14-19)23-17-7-3-2-4-8-17/h2-14,23H,15-16H2,1H3,(H,24,25). The van der Waals surface area contributed by atoms with Crippen molar-refractivity contribution in [2.75, 3.05) is 31.0 Å². The van der Waals surface area contributed by atoms with Crippen molar-refractivity contribution in [1.29, 1.82) is 0 Å². The van der Waals surface area contributed by atoms with E-state index < -0.39 is 0 Å². The van der Waals surface area contributed by atoms with Crippen LogP contribution in [-0.4, -0.2) is 26.2 Å². The molecule has 0 aliphatic heterocycles. The number of methoxy groups -OCH3 is 1. The van der Waals surface area contributed by atoms with Gasteiger partial charge in [-0.3, -0.25) is 4.79 Å². The van der Waals surface area contributed by atoms with Crippen LogP contribution in [-0.2, 0) is 4.74 Å². The molecule has 0 atom stereocenters. The second-order valence-electron chi connectivity index (χ2n) is 5.86. The van der Waals surface area contributed by atoms with Gasteiger partial charge in [0.2, 0.25) is 0 Å². The monoisotopic (exact) mass is 362 g/mol. The molecule has 5 heteroatoms. The lowest BCUT2D eigenvalue weighted by Gasteiger charge is -2.12. The lowest BCUT2D eigenvalue weighted by atomic mass is 10.1. The summed E-state index contributed by atoms with van der Waals surface area (Å²) < 4.78 is 10.6. The number of carbonyl (C=O) groups is 1. The van der Waals surface area contributed by atoms with E-state index in [1.807, 2.05) is 66.7 Å². The Labute approximate surface area is 158 Å². The first-order chi connectivity index (χ1) is 13.3. The Balaban J connectivity index is 1.64. The number of para-hydroxylation sites is 2. The van der Waals surface area contributed by atoms with Gasteiger partial charge in [0.25, 0.3) is 5.91 Å². The zero-order chi connectivity index (χ0) is 18.9. The van der Waals surface area contributed by atoms with E-state index in [-0.39, 0.29) is 5.91 Å². The molecule has 5 nitrogen and oxygen atoms in total. The van der Waals surface area contributed by atoms with Crippen LogP contribution < -0.4 is 15.4 Å². The summed E-state index contributed by atoms with van der Waals surface area (Å²) in [5.74, 6) is 0.321. The first kappa shape index (κ1) is 18.5. The molecular weight excluding hydrogens is 340 g/mol. The van der Waals surface area contributed by atoms with Gasteiger partial charge in [0, 0.05) is 24.2 Å². The topological polar surface area (TPSA) is 59.6 Å². The Kier molecular flexibility index (Phi) is 6.44. The summed E-state index contributed by atoms with van der Waals surface area (Å²) in [6.45, 7) is 0.854. The number of hydrogen-bond donors (Lipinski definition) is 2. The van der Waals surface area contributed by atoms with Crippen LogP contribution in [0.1, 0.15) is 10.4 Å². The molecule has 3 aromatic rings. The molecule has 0 saturated carbocycles. The molecule has 0 fully saturated rings. The molecule has 3 aromatic carbocycles. The summed E-state index contributed by atoms with van der Waals surface area (Å²) in [7, 11) is 1.61. The molecule has 27 heavy (non-hydrogen) atoms. The third-order valence-corrected chi connectivity index (χ3v) is 3.88. The number of rotatable bonds is 8. The van der Waals surface area contributed by atoms with E-state index in [1.165, 1.54) is 0 Å². The van der Waals surface area contributed by atoms with Gasteiger partial charge < -0.3 is 20.1 Å². The van der Waals surface area contributed by atoms with Gasteiger partial charge >= 0.3 is 0 Å². The molecule has 0 radical (unpaired) electrons. The molecule has 0 spiro atoms. The summed E-state index contributed by atoms with van der Waals surface area (Å²) in [4.78, 5) is 12.6. The Morgan fingerprint density at radius 3 is 2.15 bits per heavy atom. The molecule has 2 N–H and O–H groups in total. The van der Waals surface area contributed by atoms with Crippen molar-refractivity contribution < 1.29 is 14.3 Å². The second kappa shape index (κ2) is 9.40. The van der Waals surface area contributed by atoms with Crippen molar-refractivity contribution in [3.05, 3.63) is 84.4 Å². The number of amides is 1. The highest BCUT2D eigenvalue weighted by Crippen LogP contribution is 2.22. The molecule has 0 aliphatic carbocycles. The number of carbonyl (C=O) groups excluding carboxylic acids is 1. The molecular formula is C22H22N2O3. The lowest BCUT2D eigenvalue weighted by molar-refractivity contribution is 0.101. The van der Waals surface area contributed by atoms with E-state index in [2.05, 4.69) is 10.6 Å². The molecule has 0 aliphatic rings. The Morgan fingerprint density at radius 1 is 0.778 bits per heavy atom. The van der Waals surface area contributed by atoms with Gasteiger partial charge in [-0.25, -0.2) is 0 Å². The van der Waals surface area contributed by atoms with E-state index >= 15 is 0 Å². The fourth-order valence-electron chi connectivity index (χ4n) is 2.54.